The minimum atomic E-state index is -1.24. The largest absolute Gasteiger partial charge is 0.544 e. The second kappa shape index (κ2) is 5.79. The molecule has 0 spiro atoms. The predicted molar refractivity (Wildman–Crippen MR) is 73.2 cm³/mol. The Morgan fingerprint density at radius 2 is 2.30 bits per heavy atom. The zero-order valence-electron chi connectivity index (χ0n) is 11.0. The van der Waals surface area contributed by atoms with Crippen molar-refractivity contribution in [3.63, 3.8) is 0 Å². The van der Waals surface area contributed by atoms with E-state index in [4.69, 9.17) is 4.74 Å². The van der Waals surface area contributed by atoms with Gasteiger partial charge in [-0.1, -0.05) is 23.5 Å². The van der Waals surface area contributed by atoms with Gasteiger partial charge in [-0.05, 0) is 13.0 Å². The van der Waals surface area contributed by atoms with Crippen LogP contribution in [0.1, 0.15) is 20.9 Å². The van der Waals surface area contributed by atoms with E-state index in [-0.39, 0.29) is 10.6 Å². The number of carboxylic acid groups (broad SMARTS) is 1. The molecule has 0 unspecified atom stereocenters. The number of phenols is 1. The number of aromatic carboxylic acids is 1. The number of carboxylic acids is 1. The molecule has 0 aliphatic carbocycles. The van der Waals surface area contributed by atoms with E-state index in [2.05, 4.69) is 10.3 Å². The second-order valence-electron chi connectivity index (χ2n) is 4.04. The normalized spacial score (nSPS) is 10.3. The first-order valence-corrected chi connectivity index (χ1v) is 6.62. The van der Waals surface area contributed by atoms with Gasteiger partial charge < -0.3 is 25.1 Å². The summed E-state index contributed by atoms with van der Waals surface area (Å²) in [7, 11) is 1.47. The van der Waals surface area contributed by atoms with Gasteiger partial charge >= 0.3 is 0 Å². The molecule has 6 nitrogen and oxygen atoms in total. The number of nitrogens with zero attached hydrogens (tertiary/aromatic N) is 1. The maximum atomic E-state index is 10.8. The predicted octanol–water partition coefficient (Wildman–Crippen LogP) is 1.14. The van der Waals surface area contributed by atoms with Crippen LogP contribution < -0.4 is 15.2 Å². The molecule has 20 heavy (non-hydrogen) atoms. The van der Waals surface area contributed by atoms with E-state index in [1.165, 1.54) is 7.11 Å². The first-order chi connectivity index (χ1) is 9.52. The number of phenolic OH excluding ortho intramolecular Hbond substituents is 1. The van der Waals surface area contributed by atoms with E-state index < -0.39 is 5.97 Å². The molecule has 1 aromatic carbocycles. The van der Waals surface area contributed by atoms with Crippen molar-refractivity contribution < 1.29 is 19.7 Å². The van der Waals surface area contributed by atoms with Crippen molar-refractivity contribution >= 4 is 22.4 Å². The smallest absolute Gasteiger partial charge is 0.183 e. The zero-order chi connectivity index (χ0) is 14.7. The molecule has 1 aromatic heterocycles. The zero-order valence-corrected chi connectivity index (χ0v) is 11.8. The molecule has 0 radical (unpaired) electrons. The monoisotopic (exact) mass is 293 g/mol. The fourth-order valence-electron chi connectivity index (χ4n) is 1.71. The molecule has 0 saturated heterocycles. The molecule has 0 aliphatic rings. The summed E-state index contributed by atoms with van der Waals surface area (Å²) >= 11 is 1.01. The summed E-state index contributed by atoms with van der Waals surface area (Å²) in [4.78, 5) is 15.0. The molecule has 0 fully saturated rings. The molecule has 0 amide bonds. The number of hydrogen-bond acceptors (Lipinski definition) is 7. The highest BCUT2D eigenvalue weighted by Crippen LogP contribution is 2.30. The van der Waals surface area contributed by atoms with Crippen molar-refractivity contribution in [1.29, 1.82) is 0 Å². The highest BCUT2D eigenvalue weighted by atomic mass is 32.1. The van der Waals surface area contributed by atoms with Gasteiger partial charge in [0.05, 0.1) is 23.7 Å². The Morgan fingerprint density at radius 1 is 1.55 bits per heavy atom. The van der Waals surface area contributed by atoms with Crippen molar-refractivity contribution in [2.45, 2.75) is 13.5 Å². The van der Waals surface area contributed by atoms with Crippen molar-refractivity contribution in [2.75, 3.05) is 12.4 Å². The van der Waals surface area contributed by atoms with Crippen LogP contribution in [0, 0.1) is 6.92 Å². The van der Waals surface area contributed by atoms with E-state index in [0.29, 0.717) is 28.7 Å². The molecule has 1 heterocycles. The number of aryl methyl sites for hydroxylation is 1. The van der Waals surface area contributed by atoms with Gasteiger partial charge in [0.25, 0.3) is 0 Å². The van der Waals surface area contributed by atoms with Crippen LogP contribution in [0.25, 0.3) is 0 Å². The van der Waals surface area contributed by atoms with Crippen LogP contribution in [-0.4, -0.2) is 23.2 Å². The first kappa shape index (κ1) is 14.1. The summed E-state index contributed by atoms with van der Waals surface area (Å²) in [6.45, 7) is 1.91. The number of benzene rings is 1. The molecular formula is C13H13N2O4S-. The summed E-state index contributed by atoms with van der Waals surface area (Å²) in [5.41, 5.74) is 1.04. The van der Waals surface area contributed by atoms with Crippen LogP contribution in [0.2, 0.25) is 0 Å². The van der Waals surface area contributed by atoms with Gasteiger partial charge in [-0.2, -0.15) is 0 Å². The lowest BCUT2D eigenvalue weighted by atomic mass is 10.2. The number of carbonyl (C=O) groups is 1. The van der Waals surface area contributed by atoms with Crippen LogP contribution >= 0.6 is 11.3 Å². The van der Waals surface area contributed by atoms with Crippen molar-refractivity contribution in [3.05, 3.63) is 34.3 Å². The number of methoxy groups -OCH3 is 1. The number of para-hydroxylation sites is 1. The lowest BCUT2D eigenvalue weighted by Crippen LogP contribution is -2.21. The molecule has 0 aliphatic heterocycles. The number of hydrogen-bond donors (Lipinski definition) is 2. The number of aromatic nitrogens is 1. The van der Waals surface area contributed by atoms with Crippen LogP contribution in [0.5, 0.6) is 11.5 Å². The van der Waals surface area contributed by atoms with Crippen LogP contribution in [0.4, 0.5) is 5.13 Å². The average molecular weight is 293 g/mol. The molecule has 0 atom stereocenters. The summed E-state index contributed by atoms with van der Waals surface area (Å²) in [6.07, 6.45) is 0. The third-order valence-electron chi connectivity index (χ3n) is 2.71. The lowest BCUT2D eigenvalue weighted by molar-refractivity contribution is -0.254. The van der Waals surface area contributed by atoms with Crippen molar-refractivity contribution in [3.8, 4) is 11.5 Å². The van der Waals surface area contributed by atoms with Gasteiger partial charge in [0.1, 0.15) is 0 Å². The van der Waals surface area contributed by atoms with Crippen LogP contribution in [0.15, 0.2) is 18.2 Å². The topological polar surface area (TPSA) is 94.5 Å². The van der Waals surface area contributed by atoms with E-state index >= 15 is 0 Å². The summed E-state index contributed by atoms with van der Waals surface area (Å²) < 4.78 is 5.02. The minimum Gasteiger partial charge on any atom is -0.544 e. The third kappa shape index (κ3) is 2.83. The van der Waals surface area contributed by atoms with Crippen molar-refractivity contribution in [1.82, 2.24) is 4.98 Å². The Balaban J connectivity index is 2.13. The molecule has 2 N–H and O–H groups in total. The van der Waals surface area contributed by atoms with Gasteiger partial charge in [-0.15, -0.1) is 0 Å². The van der Waals surface area contributed by atoms with E-state index in [9.17, 15) is 15.0 Å². The van der Waals surface area contributed by atoms with Crippen LogP contribution in [0.3, 0.4) is 0 Å². The molecule has 0 bridgehead atoms. The fraction of sp³-hybridized carbons (Fsp3) is 0.231. The quantitative estimate of drug-likeness (QED) is 0.858. The van der Waals surface area contributed by atoms with Gasteiger partial charge in [0.15, 0.2) is 16.6 Å². The molecule has 0 saturated carbocycles. The second-order valence-corrected chi connectivity index (χ2v) is 5.04. The Bertz CT molecular complexity index is 639. The van der Waals surface area contributed by atoms with E-state index in [0.717, 1.165) is 11.3 Å². The SMILES string of the molecule is COc1cccc(CNc2nc(C)c(C(=O)[O-])s2)c1O. The number of aromatic hydroxyl groups is 1. The Kier molecular flexibility index (Phi) is 4.09. The number of anilines is 1. The number of thiazole rings is 1. The summed E-state index contributed by atoms with van der Waals surface area (Å²) in [6, 6.07) is 5.15. The lowest BCUT2D eigenvalue weighted by Gasteiger charge is -2.09. The molecule has 7 heteroatoms. The van der Waals surface area contributed by atoms with E-state index in [1.807, 2.05) is 0 Å². The fourth-order valence-corrected chi connectivity index (χ4v) is 2.50. The number of nitrogens with one attached hydrogen (secondary N) is 1. The molecule has 2 aromatic rings. The van der Waals surface area contributed by atoms with Gasteiger partial charge in [-0.25, -0.2) is 4.98 Å². The molecule has 2 rings (SSSR count). The van der Waals surface area contributed by atoms with Gasteiger partial charge in [0, 0.05) is 12.1 Å². The Morgan fingerprint density at radius 3 is 2.90 bits per heavy atom. The van der Waals surface area contributed by atoms with E-state index in [1.54, 1.807) is 25.1 Å². The van der Waals surface area contributed by atoms with Crippen LogP contribution in [-0.2, 0) is 6.54 Å². The summed E-state index contributed by atoms with van der Waals surface area (Å²) in [5, 5.41) is 24.2. The standard InChI is InChI=1S/C13H14N2O4S/c1-7-11(12(17)18)20-13(15-7)14-6-8-4-3-5-9(19-2)10(8)16/h3-5,16H,6H2,1-2H3,(H,14,15)(H,17,18)/p-1. The Hall–Kier alpha value is -2.28. The highest BCUT2D eigenvalue weighted by Gasteiger charge is 2.10. The number of carbonyl (C=O) groups excluding carboxylic acids is 1. The Labute approximate surface area is 119 Å². The molecule has 106 valence electrons. The third-order valence-corrected chi connectivity index (χ3v) is 3.81. The maximum absolute atomic E-state index is 10.8. The van der Waals surface area contributed by atoms with Gasteiger partial charge in [-0.3, -0.25) is 0 Å². The van der Waals surface area contributed by atoms with Crippen molar-refractivity contribution in [2.24, 2.45) is 0 Å². The average Bonchev–Trinajstić information content (AvgIpc) is 2.79. The number of rotatable bonds is 5. The summed E-state index contributed by atoms with van der Waals surface area (Å²) in [5.74, 6) is -0.803. The molecular weight excluding hydrogens is 280 g/mol. The van der Waals surface area contributed by atoms with Gasteiger partial charge in [0.2, 0.25) is 0 Å². The highest BCUT2D eigenvalue weighted by molar-refractivity contribution is 7.17. The minimum absolute atomic E-state index is 0.0518. The maximum Gasteiger partial charge on any atom is 0.183 e. The first-order valence-electron chi connectivity index (χ1n) is 5.80. The number of ether oxygens (including phenoxy) is 1.